The molecule has 0 bridgehead atoms. The van der Waals surface area contributed by atoms with Crippen LogP contribution in [-0.4, -0.2) is 28.5 Å². The number of aromatic nitrogens is 2. The molecule has 29 heavy (non-hydrogen) atoms. The smallest absolute Gasteiger partial charge is 0.367 e. The van der Waals surface area contributed by atoms with Crippen LogP contribution in [0.3, 0.4) is 0 Å². The van der Waals surface area contributed by atoms with E-state index in [1.54, 1.807) is 35.3 Å². The minimum Gasteiger partial charge on any atom is -0.367 e. The van der Waals surface area contributed by atoms with Crippen molar-refractivity contribution in [3.05, 3.63) is 83.2 Å². The van der Waals surface area contributed by atoms with E-state index < -0.39 is 12.8 Å². The van der Waals surface area contributed by atoms with Gasteiger partial charge in [0.1, 0.15) is 6.61 Å². The van der Waals surface area contributed by atoms with Crippen LogP contribution in [0.5, 0.6) is 0 Å². The number of carbonyl (C=O) groups is 1. The highest BCUT2D eigenvalue weighted by molar-refractivity contribution is 6.04. The van der Waals surface area contributed by atoms with Gasteiger partial charge in [-0.3, -0.25) is 9.48 Å². The molecule has 2 aromatic carbocycles. The van der Waals surface area contributed by atoms with Gasteiger partial charge in [0.05, 0.1) is 25.0 Å². The van der Waals surface area contributed by atoms with Crippen molar-refractivity contribution in [2.24, 2.45) is 0 Å². The molecule has 0 radical (unpaired) electrons. The summed E-state index contributed by atoms with van der Waals surface area (Å²) in [7, 11) is 0. The van der Waals surface area contributed by atoms with E-state index in [0.29, 0.717) is 23.4 Å². The van der Waals surface area contributed by atoms with Crippen molar-refractivity contribution in [3.63, 3.8) is 0 Å². The Kier molecular flexibility index (Phi) is 6.33. The summed E-state index contributed by atoms with van der Waals surface area (Å²) in [4.78, 5) is 12.5. The summed E-state index contributed by atoms with van der Waals surface area (Å²) in [5.41, 5.74) is 3.61. The van der Waals surface area contributed by atoms with E-state index in [0.717, 1.165) is 11.1 Å². The predicted octanol–water partition coefficient (Wildman–Crippen LogP) is 4.57. The first-order chi connectivity index (χ1) is 13.8. The quantitative estimate of drug-likeness (QED) is 0.629. The van der Waals surface area contributed by atoms with Crippen LogP contribution in [0.2, 0.25) is 0 Å². The molecule has 3 rings (SSSR count). The van der Waals surface area contributed by atoms with Gasteiger partial charge in [-0.1, -0.05) is 36.4 Å². The second kappa shape index (κ2) is 8.91. The monoisotopic (exact) mass is 403 g/mol. The molecule has 0 unspecified atom stereocenters. The third-order valence-electron chi connectivity index (χ3n) is 4.21. The van der Waals surface area contributed by atoms with Gasteiger partial charge in [0.2, 0.25) is 0 Å². The molecule has 1 aromatic heterocycles. The molecule has 0 aliphatic rings. The number of nitrogens with zero attached hydrogens (tertiary/aromatic N) is 2. The molecule has 0 aliphatic carbocycles. The number of anilines is 1. The molecule has 5 nitrogen and oxygen atoms in total. The lowest BCUT2D eigenvalue weighted by atomic mass is 10.1. The fraction of sp³-hybridized carbons (Fsp3) is 0.238. The lowest BCUT2D eigenvalue weighted by Gasteiger charge is -2.09. The highest BCUT2D eigenvalue weighted by atomic mass is 19.4. The van der Waals surface area contributed by atoms with Gasteiger partial charge in [-0.15, -0.1) is 0 Å². The van der Waals surface area contributed by atoms with Crippen LogP contribution in [-0.2, 0) is 17.9 Å². The van der Waals surface area contributed by atoms with Gasteiger partial charge < -0.3 is 10.1 Å². The summed E-state index contributed by atoms with van der Waals surface area (Å²) in [6, 6.07) is 14.3. The Morgan fingerprint density at radius 2 is 1.97 bits per heavy atom. The molecule has 0 spiro atoms. The van der Waals surface area contributed by atoms with Gasteiger partial charge in [-0.2, -0.15) is 18.3 Å². The van der Waals surface area contributed by atoms with E-state index in [-0.39, 0.29) is 12.5 Å². The van der Waals surface area contributed by atoms with Crippen molar-refractivity contribution < 1.29 is 22.7 Å². The minimum absolute atomic E-state index is 0.227. The summed E-state index contributed by atoms with van der Waals surface area (Å²) in [6.45, 7) is 1.04. The van der Waals surface area contributed by atoms with Gasteiger partial charge in [0, 0.05) is 11.8 Å². The molecule has 0 aliphatic heterocycles. The van der Waals surface area contributed by atoms with Crippen LogP contribution in [0.4, 0.5) is 18.9 Å². The molecule has 1 N–H and O–H groups in total. The van der Waals surface area contributed by atoms with Crippen LogP contribution in [0.1, 0.15) is 27.0 Å². The van der Waals surface area contributed by atoms with E-state index >= 15 is 0 Å². The Bertz CT molecular complexity index is 983. The van der Waals surface area contributed by atoms with E-state index in [4.69, 9.17) is 0 Å². The Morgan fingerprint density at radius 1 is 1.17 bits per heavy atom. The third-order valence-corrected chi connectivity index (χ3v) is 4.21. The van der Waals surface area contributed by atoms with E-state index in [2.05, 4.69) is 15.2 Å². The number of benzene rings is 2. The van der Waals surface area contributed by atoms with Crippen LogP contribution in [0.25, 0.3) is 0 Å². The van der Waals surface area contributed by atoms with Crippen LogP contribution >= 0.6 is 0 Å². The number of ether oxygens (including phenoxy) is 1. The molecule has 8 heteroatoms. The van der Waals surface area contributed by atoms with E-state index in [1.165, 1.54) is 6.07 Å². The van der Waals surface area contributed by atoms with Crippen molar-refractivity contribution in [2.45, 2.75) is 26.3 Å². The Labute approximate surface area is 166 Å². The molecule has 1 heterocycles. The Balaban J connectivity index is 1.60. The van der Waals surface area contributed by atoms with Crippen molar-refractivity contribution >= 4 is 11.6 Å². The summed E-state index contributed by atoms with van der Waals surface area (Å²) in [6.07, 6.45) is -1.11. The summed E-state index contributed by atoms with van der Waals surface area (Å²) >= 11 is 0. The van der Waals surface area contributed by atoms with Gasteiger partial charge in [0.15, 0.2) is 0 Å². The third kappa shape index (κ3) is 6.18. The fourth-order valence-corrected chi connectivity index (χ4v) is 2.77. The number of amides is 1. The summed E-state index contributed by atoms with van der Waals surface area (Å²) < 4.78 is 42.9. The van der Waals surface area contributed by atoms with E-state index in [1.807, 2.05) is 31.2 Å². The first kappa shape index (κ1) is 20.6. The first-order valence-electron chi connectivity index (χ1n) is 8.92. The zero-order valence-corrected chi connectivity index (χ0v) is 15.7. The van der Waals surface area contributed by atoms with Gasteiger partial charge in [-0.25, -0.2) is 0 Å². The zero-order chi connectivity index (χ0) is 20.9. The Hall–Kier alpha value is -3.13. The number of hydrogen-bond donors (Lipinski definition) is 1. The number of hydrogen-bond acceptors (Lipinski definition) is 3. The standard InChI is InChI=1S/C21H20F3N3O2/c1-15-5-2-3-7-18(15)11-27-12-19(10-25-27)26-20(28)17-8-4-6-16(9-17)13-29-14-21(22,23)24/h2-10,12H,11,13-14H2,1H3,(H,26,28). The van der Waals surface area contributed by atoms with Gasteiger partial charge in [-0.05, 0) is 35.7 Å². The average molecular weight is 403 g/mol. The van der Waals surface area contributed by atoms with Crippen LogP contribution in [0.15, 0.2) is 60.9 Å². The number of aryl methyl sites for hydroxylation is 1. The summed E-state index contributed by atoms with van der Waals surface area (Å²) in [5.74, 6) is -0.377. The molecule has 0 saturated carbocycles. The molecular formula is C21H20F3N3O2. The minimum atomic E-state index is -4.38. The van der Waals surface area contributed by atoms with Crippen molar-refractivity contribution in [1.29, 1.82) is 0 Å². The number of halogens is 3. The maximum absolute atomic E-state index is 12.5. The second-order valence-corrected chi connectivity index (χ2v) is 6.62. The molecule has 3 aromatic rings. The van der Waals surface area contributed by atoms with Crippen molar-refractivity contribution in [3.8, 4) is 0 Å². The van der Waals surface area contributed by atoms with Gasteiger partial charge in [0.25, 0.3) is 5.91 Å². The maximum Gasteiger partial charge on any atom is 0.411 e. The SMILES string of the molecule is Cc1ccccc1Cn1cc(NC(=O)c2cccc(COCC(F)(F)F)c2)cn1. The normalized spacial score (nSPS) is 11.4. The largest absolute Gasteiger partial charge is 0.411 e. The lowest BCUT2D eigenvalue weighted by molar-refractivity contribution is -0.176. The van der Waals surface area contributed by atoms with Crippen LogP contribution in [0, 0.1) is 6.92 Å². The van der Waals surface area contributed by atoms with Crippen molar-refractivity contribution in [2.75, 3.05) is 11.9 Å². The van der Waals surface area contributed by atoms with Crippen molar-refractivity contribution in [1.82, 2.24) is 9.78 Å². The second-order valence-electron chi connectivity index (χ2n) is 6.62. The van der Waals surface area contributed by atoms with Gasteiger partial charge >= 0.3 is 6.18 Å². The average Bonchev–Trinajstić information content (AvgIpc) is 3.10. The predicted molar refractivity (Wildman–Crippen MR) is 103 cm³/mol. The van der Waals surface area contributed by atoms with Crippen LogP contribution < -0.4 is 5.32 Å². The zero-order valence-electron chi connectivity index (χ0n) is 15.7. The lowest BCUT2D eigenvalue weighted by Crippen LogP contribution is -2.17. The highest BCUT2D eigenvalue weighted by Gasteiger charge is 2.27. The molecule has 152 valence electrons. The van der Waals surface area contributed by atoms with E-state index in [9.17, 15) is 18.0 Å². The Morgan fingerprint density at radius 3 is 2.72 bits per heavy atom. The molecule has 0 saturated heterocycles. The molecule has 0 atom stereocenters. The maximum atomic E-state index is 12.5. The number of rotatable bonds is 7. The molecule has 1 amide bonds. The number of alkyl halides is 3. The highest BCUT2D eigenvalue weighted by Crippen LogP contribution is 2.17. The number of nitrogens with one attached hydrogen (secondary N) is 1. The molecular weight excluding hydrogens is 383 g/mol. The number of carbonyl (C=O) groups excluding carboxylic acids is 1. The summed E-state index contributed by atoms with van der Waals surface area (Å²) in [5, 5.41) is 7.00. The molecule has 0 fully saturated rings. The topological polar surface area (TPSA) is 56.2 Å². The first-order valence-corrected chi connectivity index (χ1v) is 8.92. The fourth-order valence-electron chi connectivity index (χ4n) is 2.77.